The van der Waals surface area contributed by atoms with Crippen molar-refractivity contribution in [3.63, 3.8) is 0 Å². The van der Waals surface area contributed by atoms with Crippen LogP contribution in [0.5, 0.6) is 5.75 Å². The standard InChI is InChI=1S/C9H8O3S/c1-12-8-3-2-4-9-7(8)5-6-13(9,10)11/h2-6H,1H3. The number of methoxy groups -OCH3 is 1. The highest BCUT2D eigenvalue weighted by molar-refractivity contribution is 7.94. The third-order valence-corrected chi connectivity index (χ3v) is 3.43. The van der Waals surface area contributed by atoms with Crippen LogP contribution in [0.2, 0.25) is 0 Å². The van der Waals surface area contributed by atoms with Crippen molar-refractivity contribution in [2.24, 2.45) is 0 Å². The first-order valence-corrected chi connectivity index (χ1v) is 5.30. The minimum absolute atomic E-state index is 0.326. The van der Waals surface area contributed by atoms with Gasteiger partial charge in [-0.05, 0) is 18.2 Å². The molecule has 0 aliphatic carbocycles. The molecule has 1 aliphatic heterocycles. The van der Waals surface area contributed by atoms with E-state index in [1.54, 1.807) is 24.3 Å². The molecule has 0 saturated heterocycles. The number of sulfone groups is 1. The topological polar surface area (TPSA) is 43.4 Å². The molecule has 0 unspecified atom stereocenters. The molecule has 0 atom stereocenters. The summed E-state index contributed by atoms with van der Waals surface area (Å²) in [4.78, 5) is 0.326. The van der Waals surface area contributed by atoms with E-state index >= 15 is 0 Å². The van der Waals surface area contributed by atoms with Crippen LogP contribution in [-0.4, -0.2) is 15.5 Å². The van der Waals surface area contributed by atoms with Crippen LogP contribution in [0.4, 0.5) is 0 Å². The molecule has 1 aromatic carbocycles. The predicted molar refractivity (Wildman–Crippen MR) is 49.2 cm³/mol. The highest BCUT2D eigenvalue weighted by atomic mass is 32.2. The largest absolute Gasteiger partial charge is 0.496 e. The van der Waals surface area contributed by atoms with Crippen LogP contribution in [0.25, 0.3) is 6.08 Å². The van der Waals surface area contributed by atoms with Crippen LogP contribution in [0.15, 0.2) is 28.5 Å². The van der Waals surface area contributed by atoms with Gasteiger partial charge < -0.3 is 4.74 Å². The van der Waals surface area contributed by atoms with E-state index in [9.17, 15) is 8.42 Å². The Kier molecular flexibility index (Phi) is 1.66. The summed E-state index contributed by atoms with van der Waals surface area (Å²) in [5.74, 6) is 0.592. The number of fused-ring (bicyclic) bond motifs is 1. The fourth-order valence-corrected chi connectivity index (χ4v) is 2.55. The van der Waals surface area contributed by atoms with Gasteiger partial charge in [0, 0.05) is 11.0 Å². The van der Waals surface area contributed by atoms with Crippen molar-refractivity contribution in [1.29, 1.82) is 0 Å². The quantitative estimate of drug-likeness (QED) is 0.682. The molecule has 0 N–H and O–H groups in total. The molecule has 0 fully saturated rings. The van der Waals surface area contributed by atoms with Crippen LogP contribution >= 0.6 is 0 Å². The molecule has 0 amide bonds. The Labute approximate surface area is 76.6 Å². The Morgan fingerprint density at radius 2 is 2.08 bits per heavy atom. The molecule has 1 aromatic rings. The van der Waals surface area contributed by atoms with Gasteiger partial charge in [0.05, 0.1) is 12.0 Å². The normalized spacial score (nSPS) is 17.0. The van der Waals surface area contributed by atoms with E-state index in [2.05, 4.69) is 0 Å². The second-order valence-electron chi connectivity index (χ2n) is 2.72. The van der Waals surface area contributed by atoms with Gasteiger partial charge >= 0.3 is 0 Å². The SMILES string of the molecule is COc1cccc2c1C=CS2(=O)=O. The van der Waals surface area contributed by atoms with Crippen molar-refractivity contribution >= 4 is 15.9 Å². The van der Waals surface area contributed by atoms with Crippen LogP contribution in [-0.2, 0) is 9.84 Å². The Bertz CT molecular complexity index is 472. The van der Waals surface area contributed by atoms with E-state index in [1.165, 1.54) is 12.5 Å². The zero-order valence-electron chi connectivity index (χ0n) is 7.02. The van der Waals surface area contributed by atoms with Gasteiger partial charge in [-0.15, -0.1) is 0 Å². The third-order valence-electron chi connectivity index (χ3n) is 1.97. The maximum Gasteiger partial charge on any atom is 0.200 e. The summed E-state index contributed by atoms with van der Waals surface area (Å²) in [5.41, 5.74) is 0.644. The van der Waals surface area contributed by atoms with E-state index in [0.29, 0.717) is 16.2 Å². The Morgan fingerprint density at radius 1 is 1.31 bits per heavy atom. The van der Waals surface area contributed by atoms with Gasteiger partial charge in [0.1, 0.15) is 5.75 Å². The summed E-state index contributed by atoms with van der Waals surface area (Å²) in [7, 11) is -1.68. The number of hydrogen-bond acceptors (Lipinski definition) is 3. The smallest absolute Gasteiger partial charge is 0.200 e. The monoisotopic (exact) mass is 196 g/mol. The summed E-state index contributed by atoms with van der Waals surface area (Å²) < 4.78 is 27.8. The maximum absolute atomic E-state index is 11.4. The molecule has 0 spiro atoms. The van der Waals surface area contributed by atoms with Crippen molar-refractivity contribution in [2.45, 2.75) is 4.90 Å². The molecule has 0 bridgehead atoms. The van der Waals surface area contributed by atoms with Gasteiger partial charge in [-0.2, -0.15) is 0 Å². The van der Waals surface area contributed by atoms with E-state index < -0.39 is 9.84 Å². The van der Waals surface area contributed by atoms with Crippen LogP contribution in [0.1, 0.15) is 5.56 Å². The van der Waals surface area contributed by atoms with Crippen LogP contribution in [0.3, 0.4) is 0 Å². The Morgan fingerprint density at radius 3 is 2.77 bits per heavy atom. The zero-order valence-corrected chi connectivity index (χ0v) is 7.84. The van der Waals surface area contributed by atoms with Crippen molar-refractivity contribution in [2.75, 3.05) is 7.11 Å². The first-order chi connectivity index (χ1) is 6.15. The van der Waals surface area contributed by atoms with Gasteiger partial charge in [-0.25, -0.2) is 8.42 Å². The molecule has 3 nitrogen and oxygen atoms in total. The molecule has 68 valence electrons. The van der Waals surface area contributed by atoms with Crippen LogP contribution < -0.4 is 4.74 Å². The number of ether oxygens (including phenoxy) is 1. The molecule has 13 heavy (non-hydrogen) atoms. The van der Waals surface area contributed by atoms with Gasteiger partial charge in [-0.3, -0.25) is 0 Å². The first-order valence-electron chi connectivity index (χ1n) is 3.75. The zero-order chi connectivity index (χ0) is 9.47. The Balaban J connectivity index is 2.76. The molecule has 0 aromatic heterocycles. The molecule has 0 radical (unpaired) electrons. The van der Waals surface area contributed by atoms with Gasteiger partial charge in [0.2, 0.25) is 9.84 Å². The molecule has 0 saturated carbocycles. The first kappa shape index (κ1) is 8.31. The lowest BCUT2D eigenvalue weighted by Crippen LogP contribution is -1.94. The van der Waals surface area contributed by atoms with Crippen molar-refractivity contribution < 1.29 is 13.2 Å². The summed E-state index contributed by atoms with van der Waals surface area (Å²) in [6.07, 6.45) is 1.56. The minimum Gasteiger partial charge on any atom is -0.496 e. The molecule has 4 heteroatoms. The lowest BCUT2D eigenvalue weighted by atomic mass is 10.2. The van der Waals surface area contributed by atoms with Crippen molar-refractivity contribution in [3.05, 3.63) is 29.2 Å². The molecule has 1 aliphatic rings. The van der Waals surface area contributed by atoms with E-state index in [1.807, 2.05) is 0 Å². The lowest BCUT2D eigenvalue weighted by molar-refractivity contribution is 0.412. The highest BCUT2D eigenvalue weighted by Crippen LogP contribution is 2.33. The average Bonchev–Trinajstić information content (AvgIpc) is 2.43. The van der Waals surface area contributed by atoms with E-state index in [4.69, 9.17) is 4.74 Å². The van der Waals surface area contributed by atoms with Gasteiger partial charge in [0.15, 0.2) is 0 Å². The van der Waals surface area contributed by atoms with E-state index in [-0.39, 0.29) is 0 Å². The average molecular weight is 196 g/mol. The molecular weight excluding hydrogens is 188 g/mol. The number of hydrogen-bond donors (Lipinski definition) is 0. The predicted octanol–water partition coefficient (Wildman–Crippen LogP) is 1.45. The summed E-state index contributed by atoms with van der Waals surface area (Å²) in [6.45, 7) is 0. The Hall–Kier alpha value is -1.29. The summed E-state index contributed by atoms with van der Waals surface area (Å²) in [6, 6.07) is 4.99. The second kappa shape index (κ2) is 2.60. The van der Waals surface area contributed by atoms with Crippen molar-refractivity contribution in [3.8, 4) is 5.75 Å². The molecular formula is C9H8O3S. The van der Waals surface area contributed by atoms with Gasteiger partial charge in [0.25, 0.3) is 0 Å². The lowest BCUT2D eigenvalue weighted by Gasteiger charge is -2.04. The number of benzene rings is 1. The maximum atomic E-state index is 11.4. The molecule has 2 rings (SSSR count). The molecule has 1 heterocycles. The third kappa shape index (κ3) is 1.14. The fraction of sp³-hybridized carbons (Fsp3) is 0.111. The van der Waals surface area contributed by atoms with Crippen molar-refractivity contribution in [1.82, 2.24) is 0 Å². The van der Waals surface area contributed by atoms with Crippen LogP contribution in [0, 0.1) is 0 Å². The minimum atomic E-state index is -3.20. The van der Waals surface area contributed by atoms with Gasteiger partial charge in [-0.1, -0.05) is 6.07 Å². The van der Waals surface area contributed by atoms with E-state index in [0.717, 1.165) is 0 Å². The summed E-state index contributed by atoms with van der Waals surface area (Å²) >= 11 is 0. The fourth-order valence-electron chi connectivity index (χ4n) is 1.35. The highest BCUT2D eigenvalue weighted by Gasteiger charge is 2.22. The summed E-state index contributed by atoms with van der Waals surface area (Å²) in [5, 5.41) is 1.19. The number of rotatable bonds is 1. The second-order valence-corrected chi connectivity index (χ2v) is 4.52.